The Balaban J connectivity index is 2.30. The Labute approximate surface area is 130 Å². The fourth-order valence-electron chi connectivity index (χ4n) is 2.25. The third-order valence-electron chi connectivity index (χ3n) is 3.48. The van der Waals surface area contributed by atoms with Crippen molar-refractivity contribution >= 4 is 17.3 Å². The lowest BCUT2D eigenvalue weighted by Gasteiger charge is -2.24. The molecule has 2 aromatic rings. The molecule has 0 saturated carbocycles. The van der Waals surface area contributed by atoms with Gasteiger partial charge in [-0.3, -0.25) is 0 Å². The molecule has 0 atom stereocenters. The lowest BCUT2D eigenvalue weighted by Crippen LogP contribution is -2.22. The van der Waals surface area contributed by atoms with Crippen LogP contribution in [0.4, 0.5) is 5.69 Å². The highest BCUT2D eigenvalue weighted by Gasteiger charge is 2.13. The predicted molar refractivity (Wildman–Crippen MR) is 87.6 cm³/mol. The number of nitrogens with zero attached hydrogens (tertiary/aromatic N) is 1. The van der Waals surface area contributed by atoms with E-state index in [0.29, 0.717) is 17.3 Å². The molecule has 0 amide bonds. The second-order valence-electron chi connectivity index (χ2n) is 4.97. The van der Waals surface area contributed by atoms with Gasteiger partial charge in [0, 0.05) is 35.4 Å². The van der Waals surface area contributed by atoms with Gasteiger partial charge in [0.05, 0.1) is 7.11 Å². The van der Waals surface area contributed by atoms with Crippen molar-refractivity contribution in [2.24, 2.45) is 0 Å². The molecule has 0 saturated heterocycles. The Kier molecular flexibility index (Phi) is 4.97. The molecular formula is C17H20ClNO2. The zero-order valence-corrected chi connectivity index (χ0v) is 13.3. The number of halogens is 1. The van der Waals surface area contributed by atoms with Crippen LogP contribution < -0.4 is 9.64 Å². The van der Waals surface area contributed by atoms with E-state index in [4.69, 9.17) is 16.3 Å². The van der Waals surface area contributed by atoms with Gasteiger partial charge in [0.2, 0.25) is 0 Å². The molecule has 0 spiro atoms. The molecule has 1 N–H and O–H groups in total. The third kappa shape index (κ3) is 3.61. The van der Waals surface area contributed by atoms with Crippen LogP contribution in [0.5, 0.6) is 11.5 Å². The Hall–Kier alpha value is -1.87. The first-order valence-electron chi connectivity index (χ1n) is 6.92. The van der Waals surface area contributed by atoms with Gasteiger partial charge in [-0.2, -0.15) is 0 Å². The molecular weight excluding hydrogens is 286 g/mol. The number of anilines is 1. The average Bonchev–Trinajstić information content (AvgIpc) is 2.48. The Morgan fingerprint density at radius 3 is 2.43 bits per heavy atom. The molecule has 3 nitrogen and oxygen atoms in total. The number of methoxy groups -OCH3 is 1. The van der Waals surface area contributed by atoms with E-state index in [1.807, 2.05) is 0 Å². The standard InChI is InChI=1S/C17H20ClNO2/c1-4-19(15-7-5-12(2)6-8-15)11-13-9-14(18)10-16(21-3)17(13)20/h5-10,20H,4,11H2,1-3H3. The number of hydrogen-bond donors (Lipinski definition) is 1. The quantitative estimate of drug-likeness (QED) is 0.889. The number of hydrogen-bond acceptors (Lipinski definition) is 3. The minimum Gasteiger partial charge on any atom is -0.504 e. The first-order valence-corrected chi connectivity index (χ1v) is 7.30. The van der Waals surface area contributed by atoms with Gasteiger partial charge in [0.15, 0.2) is 11.5 Å². The fourth-order valence-corrected chi connectivity index (χ4v) is 2.48. The summed E-state index contributed by atoms with van der Waals surface area (Å²) >= 11 is 6.08. The predicted octanol–water partition coefficient (Wildman–Crippen LogP) is 4.39. The highest BCUT2D eigenvalue weighted by molar-refractivity contribution is 6.30. The number of phenolic OH excluding ortho intramolecular Hbond substituents is 1. The van der Waals surface area contributed by atoms with Crippen LogP contribution >= 0.6 is 11.6 Å². The van der Waals surface area contributed by atoms with Crippen molar-refractivity contribution in [1.82, 2.24) is 0 Å². The zero-order chi connectivity index (χ0) is 15.4. The van der Waals surface area contributed by atoms with E-state index >= 15 is 0 Å². The lowest BCUT2D eigenvalue weighted by molar-refractivity contribution is 0.370. The van der Waals surface area contributed by atoms with E-state index in [1.165, 1.54) is 12.7 Å². The van der Waals surface area contributed by atoms with Crippen molar-refractivity contribution in [3.63, 3.8) is 0 Å². The number of aromatic hydroxyl groups is 1. The van der Waals surface area contributed by atoms with Gasteiger partial charge in [0.1, 0.15) is 0 Å². The minimum atomic E-state index is 0.146. The molecule has 2 rings (SSSR count). The molecule has 0 unspecified atom stereocenters. The molecule has 2 aromatic carbocycles. The van der Waals surface area contributed by atoms with Crippen LogP contribution in [0.25, 0.3) is 0 Å². The largest absolute Gasteiger partial charge is 0.504 e. The Morgan fingerprint density at radius 1 is 1.19 bits per heavy atom. The molecule has 21 heavy (non-hydrogen) atoms. The summed E-state index contributed by atoms with van der Waals surface area (Å²) in [4.78, 5) is 2.17. The Bertz CT molecular complexity index is 611. The van der Waals surface area contributed by atoms with Crippen LogP contribution in [0.15, 0.2) is 36.4 Å². The van der Waals surface area contributed by atoms with Crippen molar-refractivity contribution in [1.29, 1.82) is 0 Å². The van der Waals surface area contributed by atoms with E-state index in [0.717, 1.165) is 17.8 Å². The minimum absolute atomic E-state index is 0.146. The third-order valence-corrected chi connectivity index (χ3v) is 3.70. The van der Waals surface area contributed by atoms with Gasteiger partial charge < -0.3 is 14.7 Å². The maximum atomic E-state index is 10.2. The van der Waals surface area contributed by atoms with Crippen molar-refractivity contribution in [2.45, 2.75) is 20.4 Å². The van der Waals surface area contributed by atoms with Gasteiger partial charge in [-0.15, -0.1) is 0 Å². The van der Waals surface area contributed by atoms with Crippen molar-refractivity contribution in [2.75, 3.05) is 18.6 Å². The summed E-state index contributed by atoms with van der Waals surface area (Å²) in [7, 11) is 1.52. The summed E-state index contributed by atoms with van der Waals surface area (Å²) < 4.78 is 5.15. The van der Waals surface area contributed by atoms with E-state index in [9.17, 15) is 5.11 Å². The molecule has 0 fully saturated rings. The molecule has 112 valence electrons. The van der Waals surface area contributed by atoms with Gasteiger partial charge in [0.25, 0.3) is 0 Å². The fraction of sp³-hybridized carbons (Fsp3) is 0.294. The van der Waals surface area contributed by atoms with Crippen molar-refractivity contribution in [3.05, 3.63) is 52.5 Å². The number of benzene rings is 2. The smallest absolute Gasteiger partial charge is 0.162 e. The van der Waals surface area contributed by atoms with Gasteiger partial charge in [-0.1, -0.05) is 29.3 Å². The first kappa shape index (κ1) is 15.5. The molecule has 0 aromatic heterocycles. The first-order chi connectivity index (χ1) is 10.0. The number of phenols is 1. The van der Waals surface area contributed by atoms with Crippen LogP contribution in [-0.4, -0.2) is 18.8 Å². The van der Waals surface area contributed by atoms with Gasteiger partial charge >= 0.3 is 0 Å². The number of rotatable bonds is 5. The van der Waals surface area contributed by atoms with Crippen LogP contribution in [0, 0.1) is 6.92 Å². The van der Waals surface area contributed by atoms with Gasteiger partial charge in [-0.05, 0) is 32.0 Å². The topological polar surface area (TPSA) is 32.7 Å². The molecule has 0 aliphatic carbocycles. The normalized spacial score (nSPS) is 10.5. The van der Waals surface area contributed by atoms with Crippen LogP contribution in [-0.2, 0) is 6.54 Å². The van der Waals surface area contributed by atoms with E-state index < -0.39 is 0 Å². The van der Waals surface area contributed by atoms with E-state index in [-0.39, 0.29) is 5.75 Å². The Morgan fingerprint density at radius 2 is 1.86 bits per heavy atom. The average molecular weight is 306 g/mol. The maximum Gasteiger partial charge on any atom is 0.162 e. The van der Waals surface area contributed by atoms with Crippen molar-refractivity contribution < 1.29 is 9.84 Å². The summed E-state index contributed by atoms with van der Waals surface area (Å²) in [5, 5.41) is 10.8. The van der Waals surface area contributed by atoms with Gasteiger partial charge in [-0.25, -0.2) is 0 Å². The second-order valence-corrected chi connectivity index (χ2v) is 5.40. The molecule has 0 heterocycles. The molecule has 4 heteroatoms. The monoisotopic (exact) mass is 305 g/mol. The SMILES string of the molecule is CCN(Cc1cc(Cl)cc(OC)c1O)c1ccc(C)cc1. The van der Waals surface area contributed by atoms with Crippen molar-refractivity contribution in [3.8, 4) is 11.5 Å². The molecule has 0 radical (unpaired) electrons. The molecule has 0 bridgehead atoms. The highest BCUT2D eigenvalue weighted by Crippen LogP contribution is 2.34. The summed E-state index contributed by atoms with van der Waals surface area (Å²) in [6, 6.07) is 11.7. The highest BCUT2D eigenvalue weighted by atomic mass is 35.5. The summed E-state index contributed by atoms with van der Waals surface area (Å²) in [5.41, 5.74) is 3.09. The van der Waals surface area contributed by atoms with E-state index in [2.05, 4.69) is 43.0 Å². The van der Waals surface area contributed by atoms with E-state index in [1.54, 1.807) is 12.1 Å². The maximum absolute atomic E-state index is 10.2. The number of aryl methyl sites for hydroxylation is 1. The summed E-state index contributed by atoms with van der Waals surface area (Å²) in [5.74, 6) is 0.546. The van der Waals surface area contributed by atoms with Crippen LogP contribution in [0.2, 0.25) is 5.02 Å². The zero-order valence-electron chi connectivity index (χ0n) is 12.6. The summed E-state index contributed by atoms with van der Waals surface area (Å²) in [6.45, 7) is 5.55. The number of ether oxygens (including phenoxy) is 1. The van der Waals surface area contributed by atoms with Crippen LogP contribution in [0.1, 0.15) is 18.1 Å². The molecule has 0 aliphatic rings. The van der Waals surface area contributed by atoms with Crippen LogP contribution in [0.3, 0.4) is 0 Å². The lowest BCUT2D eigenvalue weighted by atomic mass is 10.1. The molecule has 0 aliphatic heterocycles. The second kappa shape index (κ2) is 6.72. The summed E-state index contributed by atoms with van der Waals surface area (Å²) in [6.07, 6.45) is 0.